The number of hydrogen-bond donors (Lipinski definition) is 1. The molecule has 2 nitrogen and oxygen atoms in total. The maximum absolute atomic E-state index is 11.9. The van der Waals surface area contributed by atoms with Crippen LogP contribution in [0, 0.1) is 0 Å². The third kappa shape index (κ3) is 2.59. The van der Waals surface area contributed by atoms with Gasteiger partial charge in [0.1, 0.15) is 5.75 Å². The minimum absolute atomic E-state index is 0.206. The van der Waals surface area contributed by atoms with E-state index < -0.39 is 0 Å². The van der Waals surface area contributed by atoms with Crippen molar-refractivity contribution in [1.82, 2.24) is 0 Å². The van der Waals surface area contributed by atoms with E-state index in [-0.39, 0.29) is 5.78 Å². The lowest BCUT2D eigenvalue weighted by Gasteiger charge is -2.19. The van der Waals surface area contributed by atoms with Crippen LogP contribution >= 0.6 is 11.8 Å². The molecule has 0 amide bonds. The molecule has 3 heteroatoms. The Morgan fingerprint density at radius 2 is 1.85 bits per heavy atom. The van der Waals surface area contributed by atoms with Crippen LogP contribution in [-0.4, -0.2) is 10.9 Å². The molecule has 102 valence electrons. The molecule has 2 aromatic carbocycles. The Hall–Kier alpha value is -1.74. The second-order valence-electron chi connectivity index (χ2n) is 4.97. The van der Waals surface area contributed by atoms with E-state index in [0.29, 0.717) is 17.9 Å². The molecule has 1 aliphatic carbocycles. The van der Waals surface area contributed by atoms with Gasteiger partial charge in [-0.25, -0.2) is 0 Å². The summed E-state index contributed by atoms with van der Waals surface area (Å²) in [6.07, 6.45) is 2.40. The minimum atomic E-state index is 0.206. The van der Waals surface area contributed by atoms with E-state index in [0.717, 1.165) is 29.5 Å². The number of carbonyl (C=O) groups is 1. The van der Waals surface area contributed by atoms with Crippen LogP contribution in [0.25, 0.3) is 0 Å². The highest BCUT2D eigenvalue weighted by molar-refractivity contribution is 7.98. The van der Waals surface area contributed by atoms with Gasteiger partial charge in [0.15, 0.2) is 5.78 Å². The summed E-state index contributed by atoms with van der Waals surface area (Å²) in [7, 11) is 0. The molecule has 3 rings (SSSR count). The second kappa shape index (κ2) is 5.71. The first-order chi connectivity index (χ1) is 9.75. The van der Waals surface area contributed by atoms with E-state index in [1.54, 1.807) is 23.9 Å². The average Bonchev–Trinajstić information content (AvgIpc) is 2.47. The third-order valence-electron chi connectivity index (χ3n) is 3.66. The average molecular weight is 284 g/mol. The fraction of sp³-hybridized carbons (Fsp3) is 0.235. The maximum atomic E-state index is 11.9. The molecule has 0 saturated carbocycles. The molecule has 0 aliphatic heterocycles. The maximum Gasteiger partial charge on any atom is 0.163 e. The lowest BCUT2D eigenvalue weighted by atomic mass is 9.87. The summed E-state index contributed by atoms with van der Waals surface area (Å²) in [6.45, 7) is 0. The fourth-order valence-corrected chi connectivity index (χ4v) is 3.60. The highest BCUT2D eigenvalue weighted by atomic mass is 32.2. The lowest BCUT2D eigenvalue weighted by molar-refractivity contribution is 0.0972. The predicted molar refractivity (Wildman–Crippen MR) is 81.4 cm³/mol. The number of thioether (sulfide) groups is 1. The summed E-state index contributed by atoms with van der Waals surface area (Å²) >= 11 is 1.69. The Bertz CT molecular complexity index is 635. The largest absolute Gasteiger partial charge is 0.508 e. The van der Waals surface area contributed by atoms with E-state index in [1.807, 2.05) is 18.2 Å². The number of benzene rings is 2. The van der Waals surface area contributed by atoms with Crippen molar-refractivity contribution in [2.75, 3.05) is 0 Å². The predicted octanol–water partition coefficient (Wildman–Crippen LogP) is 4.20. The minimum Gasteiger partial charge on any atom is -0.508 e. The highest BCUT2D eigenvalue weighted by Crippen LogP contribution is 2.34. The van der Waals surface area contributed by atoms with Gasteiger partial charge in [0.25, 0.3) is 0 Å². The van der Waals surface area contributed by atoms with Gasteiger partial charge in [-0.1, -0.05) is 18.2 Å². The van der Waals surface area contributed by atoms with Gasteiger partial charge in [-0.3, -0.25) is 4.79 Å². The van der Waals surface area contributed by atoms with Gasteiger partial charge in [-0.05, 0) is 42.7 Å². The zero-order valence-electron chi connectivity index (χ0n) is 11.1. The molecule has 0 radical (unpaired) electrons. The summed E-state index contributed by atoms with van der Waals surface area (Å²) in [5.74, 6) is 1.21. The van der Waals surface area contributed by atoms with E-state index >= 15 is 0 Å². The van der Waals surface area contributed by atoms with Crippen LogP contribution in [-0.2, 0) is 12.2 Å². The Morgan fingerprint density at radius 3 is 2.65 bits per heavy atom. The van der Waals surface area contributed by atoms with Gasteiger partial charge in [0.05, 0.1) is 0 Å². The van der Waals surface area contributed by atoms with Crippen LogP contribution in [0.3, 0.4) is 0 Å². The molecule has 1 aliphatic rings. The second-order valence-corrected chi connectivity index (χ2v) is 6.02. The SMILES string of the molecule is O=C1CCCc2c1ccc(O)c2CSc1ccccc1. The Morgan fingerprint density at radius 1 is 1.05 bits per heavy atom. The van der Waals surface area contributed by atoms with Gasteiger partial charge in [0.2, 0.25) is 0 Å². The first-order valence-corrected chi connectivity index (χ1v) is 7.79. The van der Waals surface area contributed by atoms with Gasteiger partial charge in [-0.15, -0.1) is 11.8 Å². The van der Waals surface area contributed by atoms with Crippen molar-refractivity contribution in [1.29, 1.82) is 0 Å². The molecular weight excluding hydrogens is 268 g/mol. The molecule has 0 bridgehead atoms. The van der Waals surface area contributed by atoms with Gasteiger partial charge < -0.3 is 5.11 Å². The molecule has 0 spiro atoms. The summed E-state index contributed by atoms with van der Waals surface area (Å²) < 4.78 is 0. The summed E-state index contributed by atoms with van der Waals surface area (Å²) in [5, 5.41) is 10.1. The molecule has 0 fully saturated rings. The fourth-order valence-electron chi connectivity index (χ4n) is 2.62. The number of ketones is 1. The van der Waals surface area contributed by atoms with Crippen LogP contribution in [0.1, 0.15) is 34.3 Å². The quantitative estimate of drug-likeness (QED) is 0.858. The smallest absolute Gasteiger partial charge is 0.163 e. The molecule has 0 saturated heterocycles. The van der Waals surface area contributed by atoms with E-state index in [4.69, 9.17) is 0 Å². The van der Waals surface area contributed by atoms with Crippen molar-refractivity contribution in [3.05, 3.63) is 59.2 Å². The molecule has 0 atom stereocenters. The van der Waals surface area contributed by atoms with Crippen LogP contribution < -0.4 is 0 Å². The first-order valence-electron chi connectivity index (χ1n) is 6.80. The molecular formula is C17H16O2S. The molecule has 20 heavy (non-hydrogen) atoms. The first kappa shape index (κ1) is 13.3. The van der Waals surface area contributed by atoms with Crippen molar-refractivity contribution in [2.24, 2.45) is 0 Å². The monoisotopic (exact) mass is 284 g/mol. The zero-order chi connectivity index (χ0) is 13.9. The van der Waals surface area contributed by atoms with Crippen molar-refractivity contribution in [2.45, 2.75) is 29.9 Å². The van der Waals surface area contributed by atoms with Crippen molar-refractivity contribution in [3.8, 4) is 5.75 Å². The number of aromatic hydroxyl groups is 1. The summed E-state index contributed by atoms with van der Waals surface area (Å²) in [6, 6.07) is 13.5. The number of phenols is 1. The summed E-state index contributed by atoms with van der Waals surface area (Å²) in [5.41, 5.74) is 2.77. The Balaban J connectivity index is 1.89. The Labute approximate surface area is 122 Å². The number of carbonyl (C=O) groups excluding carboxylic acids is 1. The summed E-state index contributed by atoms with van der Waals surface area (Å²) in [4.78, 5) is 13.1. The number of rotatable bonds is 3. The number of hydrogen-bond acceptors (Lipinski definition) is 3. The van der Waals surface area contributed by atoms with Crippen LogP contribution in [0.4, 0.5) is 0 Å². The van der Waals surface area contributed by atoms with Crippen LogP contribution in [0.15, 0.2) is 47.4 Å². The van der Waals surface area contributed by atoms with Crippen molar-refractivity contribution < 1.29 is 9.90 Å². The number of phenolic OH excluding ortho intramolecular Hbond substituents is 1. The van der Waals surface area contributed by atoms with E-state index in [2.05, 4.69) is 12.1 Å². The van der Waals surface area contributed by atoms with E-state index in [9.17, 15) is 9.90 Å². The molecule has 0 heterocycles. The lowest BCUT2D eigenvalue weighted by Crippen LogP contribution is -2.12. The van der Waals surface area contributed by atoms with Gasteiger partial charge in [0, 0.05) is 28.2 Å². The number of fused-ring (bicyclic) bond motifs is 1. The van der Waals surface area contributed by atoms with Gasteiger partial charge >= 0.3 is 0 Å². The van der Waals surface area contributed by atoms with E-state index in [1.165, 1.54) is 4.90 Å². The standard InChI is InChI=1S/C17H16O2S/c18-16-8-4-7-13-14(16)9-10-17(19)15(13)11-20-12-5-2-1-3-6-12/h1-3,5-6,9-10,19H,4,7-8,11H2. The molecule has 2 aromatic rings. The van der Waals surface area contributed by atoms with Gasteiger partial charge in [-0.2, -0.15) is 0 Å². The third-order valence-corrected chi connectivity index (χ3v) is 4.70. The molecule has 1 N–H and O–H groups in total. The zero-order valence-corrected chi connectivity index (χ0v) is 12.0. The molecule has 0 aromatic heterocycles. The topological polar surface area (TPSA) is 37.3 Å². The van der Waals surface area contributed by atoms with Crippen LogP contribution in [0.5, 0.6) is 5.75 Å². The normalized spacial score (nSPS) is 14.1. The Kier molecular flexibility index (Phi) is 3.79. The van der Waals surface area contributed by atoms with Crippen molar-refractivity contribution >= 4 is 17.5 Å². The van der Waals surface area contributed by atoms with Crippen molar-refractivity contribution in [3.63, 3.8) is 0 Å². The highest BCUT2D eigenvalue weighted by Gasteiger charge is 2.21. The molecule has 0 unspecified atom stereocenters. The van der Waals surface area contributed by atoms with Crippen LogP contribution in [0.2, 0.25) is 0 Å². The number of Topliss-reactive ketones (excluding diaryl/α,β-unsaturated/α-hetero) is 1.